The van der Waals surface area contributed by atoms with Crippen molar-refractivity contribution >= 4 is 5.91 Å². The fraction of sp³-hybridized carbons (Fsp3) is 0.500. The van der Waals surface area contributed by atoms with E-state index in [0.717, 1.165) is 23.4 Å². The molecule has 1 amide bonds. The molecule has 6 heteroatoms. The number of amides is 1. The van der Waals surface area contributed by atoms with Crippen molar-refractivity contribution in [3.63, 3.8) is 0 Å². The maximum atomic E-state index is 12.7. The van der Waals surface area contributed by atoms with Crippen molar-refractivity contribution in [1.29, 1.82) is 0 Å². The van der Waals surface area contributed by atoms with Crippen molar-refractivity contribution in [2.24, 2.45) is 7.05 Å². The molecule has 1 aromatic heterocycles. The number of nitrogens with zero attached hydrogens (tertiary/aromatic N) is 4. The van der Waals surface area contributed by atoms with E-state index in [4.69, 9.17) is 0 Å². The lowest BCUT2D eigenvalue weighted by molar-refractivity contribution is -0.137. The van der Waals surface area contributed by atoms with Crippen LogP contribution in [-0.4, -0.2) is 49.4 Å². The lowest BCUT2D eigenvalue weighted by Crippen LogP contribution is -2.52. The van der Waals surface area contributed by atoms with Gasteiger partial charge in [-0.25, -0.2) is 0 Å². The number of likely N-dealkylation sites (tertiary alicyclic amines) is 1. The van der Waals surface area contributed by atoms with Crippen molar-refractivity contribution in [3.8, 4) is 0 Å². The molecule has 1 fully saturated rings. The number of rotatable bonds is 4. The molecule has 1 aliphatic rings. The molecule has 2 heterocycles. The topological polar surface area (TPSA) is 71.2 Å². The van der Waals surface area contributed by atoms with Crippen LogP contribution in [0.3, 0.4) is 0 Å². The Morgan fingerprint density at radius 3 is 2.88 bits per heavy atom. The summed E-state index contributed by atoms with van der Waals surface area (Å²) in [4.78, 5) is 14.4. The summed E-state index contributed by atoms with van der Waals surface area (Å²) in [5.41, 5.74) is 1.24. The van der Waals surface area contributed by atoms with Gasteiger partial charge >= 0.3 is 0 Å². The number of aromatic nitrogens is 3. The molecule has 3 rings (SSSR count). The number of carbonyl (C=O) groups excluding carboxylic acids is 1. The Kier molecular flexibility index (Phi) is 4.66. The Labute approximate surface area is 142 Å². The minimum Gasteiger partial charge on any atom is -0.388 e. The number of benzene rings is 1. The SMILES string of the molecule is Cc1ccccc1CC(=O)N1CCCC(O)(Cc2nncn2C)C1. The molecule has 0 saturated carbocycles. The highest BCUT2D eigenvalue weighted by Gasteiger charge is 2.36. The predicted octanol–water partition coefficient (Wildman–Crippen LogP) is 1.26. The first kappa shape index (κ1) is 16.6. The standard InChI is InChI=1S/C18H24N4O2/c1-14-6-3-4-7-15(14)10-17(23)22-9-5-8-18(24,12-22)11-16-20-19-13-21(16)2/h3-4,6-7,13,24H,5,8-12H2,1-2H3. The number of carbonyl (C=O) groups is 1. The summed E-state index contributed by atoms with van der Waals surface area (Å²) in [5, 5.41) is 18.8. The van der Waals surface area contributed by atoms with E-state index in [1.54, 1.807) is 11.2 Å². The van der Waals surface area contributed by atoms with E-state index in [1.807, 2.05) is 42.8 Å². The summed E-state index contributed by atoms with van der Waals surface area (Å²) >= 11 is 0. The molecule has 0 aliphatic carbocycles. The second kappa shape index (κ2) is 6.73. The second-order valence-corrected chi connectivity index (χ2v) is 6.78. The molecule has 128 valence electrons. The number of aryl methyl sites for hydroxylation is 2. The zero-order chi connectivity index (χ0) is 17.2. The van der Waals surface area contributed by atoms with Gasteiger partial charge in [0.2, 0.25) is 5.91 Å². The third kappa shape index (κ3) is 3.64. The highest BCUT2D eigenvalue weighted by atomic mass is 16.3. The zero-order valence-electron chi connectivity index (χ0n) is 14.3. The third-order valence-electron chi connectivity index (χ3n) is 4.80. The molecule has 0 bridgehead atoms. The fourth-order valence-electron chi connectivity index (χ4n) is 3.31. The van der Waals surface area contributed by atoms with Crippen molar-refractivity contribution in [2.75, 3.05) is 13.1 Å². The van der Waals surface area contributed by atoms with Crippen LogP contribution in [0.2, 0.25) is 0 Å². The molecule has 2 aromatic rings. The monoisotopic (exact) mass is 328 g/mol. The summed E-state index contributed by atoms with van der Waals surface area (Å²) in [5.74, 6) is 0.811. The smallest absolute Gasteiger partial charge is 0.227 e. The van der Waals surface area contributed by atoms with E-state index in [2.05, 4.69) is 10.2 Å². The normalized spacial score (nSPS) is 21.0. The first-order valence-corrected chi connectivity index (χ1v) is 8.34. The largest absolute Gasteiger partial charge is 0.388 e. The van der Waals surface area contributed by atoms with Gasteiger partial charge in [-0.2, -0.15) is 0 Å². The Morgan fingerprint density at radius 1 is 1.38 bits per heavy atom. The van der Waals surface area contributed by atoms with Gasteiger partial charge in [0.05, 0.1) is 12.0 Å². The fourth-order valence-corrected chi connectivity index (χ4v) is 3.31. The van der Waals surface area contributed by atoms with Crippen LogP contribution in [0.25, 0.3) is 0 Å². The number of piperidine rings is 1. The lowest BCUT2D eigenvalue weighted by Gasteiger charge is -2.39. The van der Waals surface area contributed by atoms with Gasteiger partial charge in [0.1, 0.15) is 12.2 Å². The highest BCUT2D eigenvalue weighted by Crippen LogP contribution is 2.25. The Morgan fingerprint density at radius 2 is 2.17 bits per heavy atom. The molecule has 6 nitrogen and oxygen atoms in total. The highest BCUT2D eigenvalue weighted by molar-refractivity contribution is 5.79. The summed E-state index contributed by atoms with van der Waals surface area (Å²) in [6.07, 6.45) is 3.90. The van der Waals surface area contributed by atoms with Gasteiger partial charge in [-0.15, -0.1) is 10.2 Å². The molecule has 1 aromatic carbocycles. The van der Waals surface area contributed by atoms with E-state index < -0.39 is 5.60 Å². The summed E-state index contributed by atoms with van der Waals surface area (Å²) in [6, 6.07) is 7.94. The maximum Gasteiger partial charge on any atom is 0.227 e. The Hall–Kier alpha value is -2.21. The molecule has 24 heavy (non-hydrogen) atoms. The number of aliphatic hydroxyl groups is 1. The van der Waals surface area contributed by atoms with Gasteiger partial charge in [0.15, 0.2) is 0 Å². The van der Waals surface area contributed by atoms with Crippen LogP contribution in [0.15, 0.2) is 30.6 Å². The number of hydrogen-bond acceptors (Lipinski definition) is 4. The van der Waals surface area contributed by atoms with Crippen molar-refractivity contribution in [3.05, 3.63) is 47.5 Å². The molecular weight excluding hydrogens is 304 g/mol. The van der Waals surface area contributed by atoms with E-state index in [1.165, 1.54) is 0 Å². The van der Waals surface area contributed by atoms with Crippen LogP contribution in [0, 0.1) is 6.92 Å². The first-order valence-electron chi connectivity index (χ1n) is 8.34. The zero-order valence-corrected chi connectivity index (χ0v) is 14.3. The van der Waals surface area contributed by atoms with Crippen molar-refractivity contribution in [1.82, 2.24) is 19.7 Å². The van der Waals surface area contributed by atoms with Crippen LogP contribution < -0.4 is 0 Å². The minimum atomic E-state index is -0.930. The molecule has 1 aliphatic heterocycles. The first-order chi connectivity index (χ1) is 11.5. The molecule has 0 radical (unpaired) electrons. The molecule has 1 N–H and O–H groups in total. The van der Waals surface area contributed by atoms with Gasteiger partial charge in [0, 0.05) is 26.6 Å². The summed E-state index contributed by atoms with van der Waals surface area (Å²) < 4.78 is 1.81. The van der Waals surface area contributed by atoms with Gasteiger partial charge < -0.3 is 14.6 Å². The quantitative estimate of drug-likeness (QED) is 0.917. The van der Waals surface area contributed by atoms with E-state index in [-0.39, 0.29) is 5.91 Å². The van der Waals surface area contributed by atoms with Crippen molar-refractivity contribution in [2.45, 2.75) is 38.2 Å². The average Bonchev–Trinajstić information content (AvgIpc) is 2.94. The van der Waals surface area contributed by atoms with Gasteiger partial charge in [-0.3, -0.25) is 4.79 Å². The predicted molar refractivity (Wildman–Crippen MR) is 90.4 cm³/mol. The molecule has 1 atom stereocenters. The Bertz CT molecular complexity index is 727. The number of β-amino-alcohol motifs (C(OH)–C–C–N with tert-alkyl or cyclic N) is 1. The van der Waals surface area contributed by atoms with E-state index in [9.17, 15) is 9.90 Å². The molecule has 1 saturated heterocycles. The van der Waals surface area contributed by atoms with Crippen LogP contribution in [0.4, 0.5) is 0 Å². The average molecular weight is 328 g/mol. The summed E-state index contributed by atoms with van der Waals surface area (Å²) in [7, 11) is 1.86. The van der Waals surface area contributed by atoms with Crippen LogP contribution in [0.1, 0.15) is 29.8 Å². The second-order valence-electron chi connectivity index (χ2n) is 6.78. The van der Waals surface area contributed by atoms with Crippen LogP contribution >= 0.6 is 0 Å². The minimum absolute atomic E-state index is 0.0698. The maximum absolute atomic E-state index is 12.7. The van der Waals surface area contributed by atoms with E-state index in [0.29, 0.717) is 32.4 Å². The van der Waals surface area contributed by atoms with Gasteiger partial charge in [0.25, 0.3) is 0 Å². The molecular formula is C18H24N4O2. The van der Waals surface area contributed by atoms with Crippen LogP contribution in [-0.2, 0) is 24.7 Å². The van der Waals surface area contributed by atoms with Crippen molar-refractivity contribution < 1.29 is 9.90 Å². The number of hydrogen-bond donors (Lipinski definition) is 1. The van der Waals surface area contributed by atoms with Crippen LogP contribution in [0.5, 0.6) is 0 Å². The Balaban J connectivity index is 1.67. The molecule has 0 spiro atoms. The summed E-state index contributed by atoms with van der Waals surface area (Å²) in [6.45, 7) is 3.07. The third-order valence-corrected chi connectivity index (χ3v) is 4.80. The lowest BCUT2D eigenvalue weighted by atomic mass is 9.89. The van der Waals surface area contributed by atoms with E-state index >= 15 is 0 Å². The molecule has 1 unspecified atom stereocenters. The van der Waals surface area contributed by atoms with Gasteiger partial charge in [-0.05, 0) is 30.9 Å². The van der Waals surface area contributed by atoms with Gasteiger partial charge in [-0.1, -0.05) is 24.3 Å².